The summed E-state index contributed by atoms with van der Waals surface area (Å²) in [6.45, 7) is 6.90. The maximum Gasteiger partial charge on any atom is 0.303 e. The van der Waals surface area contributed by atoms with Gasteiger partial charge in [0.2, 0.25) is 5.78 Å². The van der Waals surface area contributed by atoms with E-state index in [1.807, 2.05) is 19.9 Å². The molecule has 0 aliphatic heterocycles. The lowest BCUT2D eigenvalue weighted by Gasteiger charge is -2.60. The van der Waals surface area contributed by atoms with Gasteiger partial charge in [-0.3, -0.25) is 14.4 Å². The van der Waals surface area contributed by atoms with Crippen molar-refractivity contribution in [1.29, 1.82) is 0 Å². The molecule has 4 rings (SSSR count). The summed E-state index contributed by atoms with van der Waals surface area (Å²) in [5.41, 5.74) is -1.40. The average Bonchev–Trinajstić information content (AvgIpc) is 2.92. The van der Waals surface area contributed by atoms with Gasteiger partial charge in [-0.15, -0.1) is 0 Å². The number of Topliss-reactive ketones (excluding diaryl/α,β-unsaturated/α-hetero) is 1. The highest BCUT2D eigenvalue weighted by Gasteiger charge is 2.68. The first-order chi connectivity index (χ1) is 13.9. The largest absolute Gasteiger partial charge is 0.458 e. The Morgan fingerprint density at radius 2 is 1.93 bits per heavy atom. The number of carbonyl (C=O) groups is 3. The molecule has 4 aliphatic rings. The van der Waals surface area contributed by atoms with Gasteiger partial charge in [-0.1, -0.05) is 26.3 Å². The minimum atomic E-state index is -1.59. The van der Waals surface area contributed by atoms with Crippen LogP contribution in [0.5, 0.6) is 0 Å². The zero-order valence-corrected chi connectivity index (χ0v) is 18.4. The van der Waals surface area contributed by atoms with Gasteiger partial charge in [0.15, 0.2) is 12.4 Å². The van der Waals surface area contributed by atoms with E-state index < -0.39 is 35.5 Å². The summed E-state index contributed by atoms with van der Waals surface area (Å²) in [7, 11) is 0. The minimum Gasteiger partial charge on any atom is -0.458 e. The third-order valence-corrected chi connectivity index (χ3v) is 9.22. The van der Waals surface area contributed by atoms with Crippen LogP contribution in [-0.2, 0) is 19.1 Å². The van der Waals surface area contributed by atoms with E-state index in [0.717, 1.165) is 31.3 Å². The Labute approximate surface area is 178 Å². The molecule has 30 heavy (non-hydrogen) atoms. The van der Waals surface area contributed by atoms with Crippen molar-refractivity contribution in [3.63, 3.8) is 0 Å². The molecule has 0 bridgehead atoms. The number of fused-ring (bicyclic) bond motifs is 5. The number of carbonyl (C=O) groups excluding carboxylic acids is 3. The maximum absolute atomic E-state index is 12.9. The molecule has 3 saturated carbocycles. The van der Waals surface area contributed by atoms with E-state index in [4.69, 9.17) is 4.74 Å². The van der Waals surface area contributed by atoms with Crippen LogP contribution in [-0.4, -0.2) is 46.1 Å². The Kier molecular flexibility index (Phi) is 5.06. The summed E-state index contributed by atoms with van der Waals surface area (Å²) < 4.78 is 4.90. The van der Waals surface area contributed by atoms with E-state index in [0.29, 0.717) is 12.8 Å². The van der Waals surface area contributed by atoms with Crippen LogP contribution in [0.15, 0.2) is 11.6 Å². The van der Waals surface area contributed by atoms with Crippen molar-refractivity contribution < 1.29 is 29.3 Å². The highest BCUT2D eigenvalue weighted by atomic mass is 16.5. The summed E-state index contributed by atoms with van der Waals surface area (Å²) in [6.07, 6.45) is 4.99. The lowest BCUT2D eigenvalue weighted by molar-refractivity contribution is -0.185. The number of hydrogen-bond acceptors (Lipinski definition) is 6. The number of ketones is 2. The number of esters is 1. The van der Waals surface area contributed by atoms with Crippen molar-refractivity contribution in [2.45, 2.75) is 77.9 Å². The molecule has 0 spiro atoms. The quantitative estimate of drug-likeness (QED) is 0.683. The molecule has 0 saturated heterocycles. The molecule has 8 atom stereocenters. The van der Waals surface area contributed by atoms with Crippen LogP contribution in [0.25, 0.3) is 0 Å². The topological polar surface area (TPSA) is 101 Å². The van der Waals surface area contributed by atoms with E-state index in [9.17, 15) is 24.6 Å². The van der Waals surface area contributed by atoms with Crippen molar-refractivity contribution in [2.75, 3.05) is 6.61 Å². The molecule has 0 aromatic carbocycles. The second kappa shape index (κ2) is 6.99. The zero-order chi connectivity index (χ0) is 22.1. The molecule has 0 aromatic heterocycles. The number of ether oxygens (including phenoxy) is 1. The third kappa shape index (κ3) is 2.86. The van der Waals surface area contributed by atoms with Crippen LogP contribution in [0, 0.1) is 34.5 Å². The van der Waals surface area contributed by atoms with Gasteiger partial charge < -0.3 is 14.9 Å². The molecule has 0 aromatic rings. The van der Waals surface area contributed by atoms with Crippen LogP contribution < -0.4 is 0 Å². The van der Waals surface area contributed by atoms with Crippen molar-refractivity contribution in [3.05, 3.63) is 11.6 Å². The first-order valence-electron chi connectivity index (χ1n) is 11.3. The standard InChI is InChI=1S/C24H34O6/c1-13-10-22(3)15(9-18(13)26)5-6-16-17-7-8-24(29,20(28)12-30-14(2)25)23(17,4)11-19(27)21(16)22/h9,13,16-17,19,21,27,29H,5-8,10-12H2,1-4H3/t13-,16-,17-,19-,21+,22-,23-,24+/m0/s1. The maximum atomic E-state index is 12.9. The Morgan fingerprint density at radius 1 is 1.23 bits per heavy atom. The Hall–Kier alpha value is -1.53. The monoisotopic (exact) mass is 418 g/mol. The number of aliphatic hydroxyl groups is 2. The first-order valence-corrected chi connectivity index (χ1v) is 11.3. The summed E-state index contributed by atoms with van der Waals surface area (Å²) in [6, 6.07) is 0. The van der Waals surface area contributed by atoms with Crippen LogP contribution in [0.1, 0.15) is 66.2 Å². The molecule has 0 radical (unpaired) electrons. The average molecular weight is 419 g/mol. The summed E-state index contributed by atoms with van der Waals surface area (Å²) in [5.74, 6) is -0.549. The molecule has 3 fully saturated rings. The smallest absolute Gasteiger partial charge is 0.303 e. The Balaban J connectivity index is 1.66. The second-order valence-electron chi connectivity index (χ2n) is 10.7. The van der Waals surface area contributed by atoms with E-state index in [2.05, 4.69) is 6.92 Å². The van der Waals surface area contributed by atoms with Crippen LogP contribution >= 0.6 is 0 Å². The fourth-order valence-electron chi connectivity index (χ4n) is 7.78. The van der Waals surface area contributed by atoms with Gasteiger partial charge in [-0.05, 0) is 67.8 Å². The highest BCUT2D eigenvalue weighted by Crippen LogP contribution is 2.67. The van der Waals surface area contributed by atoms with E-state index in [-0.39, 0.29) is 34.9 Å². The third-order valence-electron chi connectivity index (χ3n) is 9.22. The van der Waals surface area contributed by atoms with Crippen molar-refractivity contribution in [3.8, 4) is 0 Å². The molecule has 166 valence electrons. The molecule has 6 nitrogen and oxygen atoms in total. The molecule has 0 unspecified atom stereocenters. The molecular formula is C24H34O6. The number of hydrogen-bond donors (Lipinski definition) is 2. The SMILES string of the molecule is CC(=O)OCC(=O)[C@]1(O)CC[C@H]2[C@@H]3CCC4=CC(=O)[C@@H](C)C[C@]4(C)[C@H]3[C@@H](O)C[C@@]21C. The lowest BCUT2D eigenvalue weighted by atomic mass is 9.45. The molecule has 0 heterocycles. The van der Waals surface area contributed by atoms with Crippen LogP contribution in [0.2, 0.25) is 0 Å². The molecule has 0 amide bonds. The van der Waals surface area contributed by atoms with E-state index in [1.165, 1.54) is 6.92 Å². The molecule has 2 N–H and O–H groups in total. The molecule has 4 aliphatic carbocycles. The predicted molar refractivity (Wildman–Crippen MR) is 109 cm³/mol. The molecular weight excluding hydrogens is 384 g/mol. The highest BCUT2D eigenvalue weighted by molar-refractivity contribution is 5.93. The van der Waals surface area contributed by atoms with Gasteiger partial charge >= 0.3 is 5.97 Å². The fourth-order valence-corrected chi connectivity index (χ4v) is 7.78. The van der Waals surface area contributed by atoms with Gasteiger partial charge in [0.25, 0.3) is 0 Å². The minimum absolute atomic E-state index is 0.0250. The van der Waals surface area contributed by atoms with E-state index >= 15 is 0 Å². The number of rotatable bonds is 3. The van der Waals surface area contributed by atoms with Gasteiger partial charge in [-0.2, -0.15) is 0 Å². The first kappa shape index (κ1) is 21.7. The second-order valence-corrected chi connectivity index (χ2v) is 10.7. The normalized spacial score (nSPS) is 47.6. The number of aliphatic hydroxyl groups excluding tert-OH is 1. The van der Waals surface area contributed by atoms with Crippen molar-refractivity contribution in [2.24, 2.45) is 34.5 Å². The zero-order valence-electron chi connectivity index (χ0n) is 18.4. The van der Waals surface area contributed by atoms with Crippen LogP contribution in [0.4, 0.5) is 0 Å². The Bertz CT molecular complexity index is 817. The van der Waals surface area contributed by atoms with Crippen LogP contribution in [0.3, 0.4) is 0 Å². The van der Waals surface area contributed by atoms with Gasteiger partial charge in [0, 0.05) is 18.3 Å². The summed E-state index contributed by atoms with van der Waals surface area (Å²) >= 11 is 0. The predicted octanol–water partition coefficient (Wildman–Crippen LogP) is 2.60. The lowest BCUT2D eigenvalue weighted by Crippen LogP contribution is -2.62. The van der Waals surface area contributed by atoms with E-state index in [1.54, 1.807) is 0 Å². The van der Waals surface area contributed by atoms with Crippen molar-refractivity contribution in [1.82, 2.24) is 0 Å². The summed E-state index contributed by atoms with van der Waals surface area (Å²) in [4.78, 5) is 36.4. The summed E-state index contributed by atoms with van der Waals surface area (Å²) in [5, 5.41) is 22.9. The van der Waals surface area contributed by atoms with Gasteiger partial charge in [-0.25, -0.2) is 0 Å². The van der Waals surface area contributed by atoms with Gasteiger partial charge in [0.05, 0.1) is 6.10 Å². The fraction of sp³-hybridized carbons (Fsp3) is 0.792. The van der Waals surface area contributed by atoms with Crippen molar-refractivity contribution >= 4 is 17.5 Å². The number of allylic oxidation sites excluding steroid dienone is 1. The van der Waals surface area contributed by atoms with Gasteiger partial charge in [0.1, 0.15) is 5.60 Å². The molecule has 6 heteroatoms. The Morgan fingerprint density at radius 3 is 2.60 bits per heavy atom.